The summed E-state index contributed by atoms with van der Waals surface area (Å²) >= 11 is 0. The number of carboxylic acid groups (broad SMARTS) is 1. The number of esters is 1. The molecule has 19 heavy (non-hydrogen) atoms. The number of carbonyl (C=O) groups excluding carboxylic acids is 1. The smallest absolute Gasteiger partial charge is 0.320 e. The monoisotopic (exact) mass is 270 g/mol. The molecule has 5 heteroatoms. The lowest BCUT2D eigenvalue weighted by Gasteiger charge is -2.44. The fraction of sp³-hybridized carbons (Fsp3) is 0.857. The van der Waals surface area contributed by atoms with Gasteiger partial charge < -0.3 is 14.6 Å². The minimum Gasteiger partial charge on any atom is -0.481 e. The summed E-state index contributed by atoms with van der Waals surface area (Å²) in [4.78, 5) is 23.0. The van der Waals surface area contributed by atoms with Gasteiger partial charge in [0.05, 0.1) is 12.7 Å². The molecule has 2 fully saturated rings. The van der Waals surface area contributed by atoms with Gasteiger partial charge >= 0.3 is 11.9 Å². The summed E-state index contributed by atoms with van der Waals surface area (Å²) in [7, 11) is 1.24. The van der Waals surface area contributed by atoms with Crippen molar-refractivity contribution in [2.75, 3.05) is 13.7 Å². The molecule has 0 radical (unpaired) electrons. The molecule has 1 aliphatic heterocycles. The van der Waals surface area contributed by atoms with E-state index in [1.54, 1.807) is 0 Å². The van der Waals surface area contributed by atoms with Gasteiger partial charge in [-0.3, -0.25) is 9.59 Å². The normalized spacial score (nSPS) is 27.7. The largest absolute Gasteiger partial charge is 0.481 e. The van der Waals surface area contributed by atoms with Gasteiger partial charge in [0, 0.05) is 6.61 Å². The van der Waals surface area contributed by atoms with Gasteiger partial charge in [0.2, 0.25) is 0 Å². The summed E-state index contributed by atoms with van der Waals surface area (Å²) in [5, 5.41) is 9.27. The summed E-state index contributed by atoms with van der Waals surface area (Å²) in [5.74, 6) is -2.93. The van der Waals surface area contributed by atoms with Crippen LogP contribution in [0.15, 0.2) is 0 Å². The number of methoxy groups -OCH3 is 1. The Hall–Kier alpha value is -1.10. The van der Waals surface area contributed by atoms with Crippen LogP contribution in [0.1, 0.15) is 44.9 Å². The Balaban J connectivity index is 2.10. The van der Waals surface area contributed by atoms with Crippen molar-refractivity contribution >= 4 is 11.9 Å². The quantitative estimate of drug-likeness (QED) is 0.627. The van der Waals surface area contributed by atoms with Crippen molar-refractivity contribution in [3.05, 3.63) is 0 Å². The van der Waals surface area contributed by atoms with Crippen LogP contribution in [0.3, 0.4) is 0 Å². The lowest BCUT2D eigenvalue weighted by atomic mass is 9.72. The molecule has 1 saturated carbocycles. The first-order chi connectivity index (χ1) is 9.08. The number of aliphatic carboxylic acids is 1. The molecule has 1 heterocycles. The third-order valence-corrected chi connectivity index (χ3v) is 4.49. The lowest BCUT2D eigenvalue weighted by Crippen LogP contribution is -2.46. The third-order valence-electron chi connectivity index (χ3n) is 4.49. The lowest BCUT2D eigenvalue weighted by molar-refractivity contribution is -0.168. The van der Waals surface area contributed by atoms with Crippen LogP contribution in [-0.4, -0.2) is 36.4 Å². The van der Waals surface area contributed by atoms with Crippen molar-refractivity contribution in [3.8, 4) is 0 Å². The van der Waals surface area contributed by atoms with Gasteiger partial charge in [0.25, 0.3) is 0 Å². The second-order valence-corrected chi connectivity index (χ2v) is 5.68. The van der Waals surface area contributed by atoms with E-state index >= 15 is 0 Å². The van der Waals surface area contributed by atoms with Crippen LogP contribution in [0.25, 0.3) is 0 Å². The Kier molecular flexibility index (Phi) is 4.45. The van der Waals surface area contributed by atoms with Gasteiger partial charge in [0.1, 0.15) is 0 Å². The highest BCUT2D eigenvalue weighted by atomic mass is 16.5. The van der Waals surface area contributed by atoms with Gasteiger partial charge in [-0.1, -0.05) is 19.3 Å². The molecule has 108 valence electrons. The van der Waals surface area contributed by atoms with Gasteiger partial charge in [0.15, 0.2) is 5.92 Å². The molecule has 2 aliphatic rings. The van der Waals surface area contributed by atoms with E-state index in [1.165, 1.54) is 13.5 Å². The predicted molar refractivity (Wildman–Crippen MR) is 67.6 cm³/mol. The molecule has 2 rings (SSSR count). The van der Waals surface area contributed by atoms with Crippen molar-refractivity contribution in [1.29, 1.82) is 0 Å². The molecule has 1 N–H and O–H groups in total. The molecule has 0 aromatic heterocycles. The zero-order valence-electron chi connectivity index (χ0n) is 11.4. The van der Waals surface area contributed by atoms with Crippen LogP contribution in [0, 0.1) is 11.8 Å². The second-order valence-electron chi connectivity index (χ2n) is 5.68. The average Bonchev–Trinajstić information content (AvgIpc) is 2.39. The molecule has 0 bridgehead atoms. The van der Waals surface area contributed by atoms with Crippen LogP contribution in [0.5, 0.6) is 0 Å². The van der Waals surface area contributed by atoms with Crippen molar-refractivity contribution in [2.24, 2.45) is 11.8 Å². The van der Waals surface area contributed by atoms with E-state index in [4.69, 9.17) is 4.74 Å². The molecule has 1 spiro atoms. The standard InChI is InChI=1S/C14H22O5/c1-18-13(17)11(12(15)16)10-5-8-19-14(9-10)6-3-2-4-7-14/h10-11H,2-9H2,1H3,(H,15,16). The van der Waals surface area contributed by atoms with E-state index in [0.717, 1.165) is 25.7 Å². The molecular weight excluding hydrogens is 248 g/mol. The summed E-state index contributed by atoms with van der Waals surface area (Å²) in [6.07, 6.45) is 6.72. The first kappa shape index (κ1) is 14.3. The second kappa shape index (κ2) is 5.90. The number of rotatable bonds is 3. The molecule has 5 nitrogen and oxygen atoms in total. The van der Waals surface area contributed by atoms with Gasteiger partial charge in [-0.05, 0) is 31.6 Å². The number of ether oxygens (including phenoxy) is 2. The first-order valence-electron chi connectivity index (χ1n) is 7.02. The summed E-state index contributed by atoms with van der Waals surface area (Å²) in [5.41, 5.74) is -0.192. The molecule has 1 aliphatic carbocycles. The highest BCUT2D eigenvalue weighted by Gasteiger charge is 2.45. The van der Waals surface area contributed by atoms with E-state index in [2.05, 4.69) is 4.74 Å². The number of carbonyl (C=O) groups is 2. The van der Waals surface area contributed by atoms with Gasteiger partial charge in [-0.2, -0.15) is 0 Å². The SMILES string of the molecule is COC(=O)C(C(=O)O)C1CCOC2(CCCCC2)C1. The topological polar surface area (TPSA) is 72.8 Å². The fourth-order valence-corrected chi connectivity index (χ4v) is 3.52. The van der Waals surface area contributed by atoms with E-state index in [1.807, 2.05) is 0 Å². The maximum Gasteiger partial charge on any atom is 0.320 e. The third kappa shape index (κ3) is 3.08. The zero-order valence-corrected chi connectivity index (χ0v) is 11.4. The van der Waals surface area contributed by atoms with Gasteiger partial charge in [-0.15, -0.1) is 0 Å². The van der Waals surface area contributed by atoms with Gasteiger partial charge in [-0.25, -0.2) is 0 Å². The van der Waals surface area contributed by atoms with Crippen LogP contribution >= 0.6 is 0 Å². The number of hydrogen-bond donors (Lipinski definition) is 1. The van der Waals surface area contributed by atoms with Crippen LogP contribution in [0.2, 0.25) is 0 Å². The number of hydrogen-bond acceptors (Lipinski definition) is 4. The maximum atomic E-state index is 11.7. The van der Waals surface area contributed by atoms with E-state index in [9.17, 15) is 14.7 Å². The van der Waals surface area contributed by atoms with Crippen LogP contribution in [0.4, 0.5) is 0 Å². The van der Waals surface area contributed by atoms with Crippen molar-refractivity contribution in [1.82, 2.24) is 0 Å². The highest BCUT2D eigenvalue weighted by molar-refractivity contribution is 5.94. The Bertz CT molecular complexity index is 340. The Morgan fingerprint density at radius 1 is 1.32 bits per heavy atom. The molecule has 0 aromatic carbocycles. The summed E-state index contributed by atoms with van der Waals surface area (Å²) in [6.45, 7) is 0.547. The van der Waals surface area contributed by atoms with Crippen LogP contribution < -0.4 is 0 Å². The Morgan fingerprint density at radius 3 is 2.58 bits per heavy atom. The van der Waals surface area contributed by atoms with Crippen LogP contribution in [-0.2, 0) is 19.1 Å². The van der Waals surface area contributed by atoms with E-state index in [-0.39, 0.29) is 11.5 Å². The fourth-order valence-electron chi connectivity index (χ4n) is 3.52. The van der Waals surface area contributed by atoms with E-state index in [0.29, 0.717) is 19.4 Å². The first-order valence-corrected chi connectivity index (χ1v) is 7.02. The molecule has 2 atom stereocenters. The Labute approximate surface area is 113 Å². The molecule has 2 unspecified atom stereocenters. The molecule has 1 saturated heterocycles. The summed E-state index contributed by atoms with van der Waals surface area (Å²) < 4.78 is 10.6. The average molecular weight is 270 g/mol. The Morgan fingerprint density at radius 2 is 2.00 bits per heavy atom. The minimum atomic E-state index is -1.08. The minimum absolute atomic E-state index is 0.170. The predicted octanol–water partition coefficient (Wildman–Crippen LogP) is 1.99. The van der Waals surface area contributed by atoms with Crippen molar-refractivity contribution in [3.63, 3.8) is 0 Å². The van der Waals surface area contributed by atoms with Crippen molar-refractivity contribution in [2.45, 2.75) is 50.5 Å². The zero-order chi connectivity index (χ0) is 13.9. The molecular formula is C14H22O5. The van der Waals surface area contributed by atoms with Crippen molar-refractivity contribution < 1.29 is 24.2 Å². The molecule has 0 aromatic rings. The summed E-state index contributed by atoms with van der Waals surface area (Å²) in [6, 6.07) is 0. The number of carboxylic acids is 1. The highest BCUT2D eigenvalue weighted by Crippen LogP contribution is 2.43. The van der Waals surface area contributed by atoms with E-state index < -0.39 is 17.9 Å². The maximum absolute atomic E-state index is 11.7. The molecule has 0 amide bonds.